The number of fused-ring (bicyclic) bond motifs is 3. The molecule has 0 aliphatic carbocycles. The van der Waals surface area contributed by atoms with Crippen molar-refractivity contribution >= 4 is 0 Å². The molecule has 0 radical (unpaired) electrons. The fourth-order valence-electron chi connectivity index (χ4n) is 3.19. The third kappa shape index (κ3) is 2.30. The third-order valence-corrected chi connectivity index (χ3v) is 4.29. The Kier molecular flexibility index (Phi) is 3.12. The van der Waals surface area contributed by atoms with Gasteiger partial charge in [-0.05, 0) is 17.7 Å². The maximum Gasteiger partial charge on any atom is 0.118 e. The van der Waals surface area contributed by atoms with Crippen molar-refractivity contribution in [2.24, 2.45) is 0 Å². The molecule has 2 aliphatic heterocycles. The molecule has 1 aromatic carbocycles. The molecule has 2 aliphatic rings. The monoisotopic (exact) mass is 286 g/mol. The van der Waals surface area contributed by atoms with E-state index in [1.54, 1.807) is 13.3 Å². The smallest absolute Gasteiger partial charge is 0.118 e. The number of hydrogen-bond donors (Lipinski definition) is 0. The van der Waals surface area contributed by atoms with Crippen LogP contribution in [0.4, 0.5) is 0 Å². The highest BCUT2D eigenvalue weighted by atomic mass is 16.5. The maximum atomic E-state index is 5.93. The van der Waals surface area contributed by atoms with Crippen LogP contribution in [0.2, 0.25) is 0 Å². The zero-order chi connectivity index (χ0) is 14.2. The van der Waals surface area contributed by atoms with Crippen LogP contribution in [0.3, 0.4) is 0 Å². The Morgan fingerprint density at radius 1 is 1.29 bits per heavy atom. The predicted molar refractivity (Wildman–Crippen MR) is 75.9 cm³/mol. The third-order valence-electron chi connectivity index (χ3n) is 4.29. The molecule has 1 aromatic heterocycles. The van der Waals surface area contributed by atoms with Crippen LogP contribution < -0.4 is 4.74 Å². The van der Waals surface area contributed by atoms with E-state index >= 15 is 0 Å². The topological polar surface area (TPSA) is 52.4 Å². The van der Waals surface area contributed by atoms with Crippen LogP contribution in [0.15, 0.2) is 30.5 Å². The van der Waals surface area contributed by atoms with Gasteiger partial charge in [-0.15, -0.1) is 5.10 Å². The van der Waals surface area contributed by atoms with Crippen LogP contribution in [-0.4, -0.2) is 46.2 Å². The summed E-state index contributed by atoms with van der Waals surface area (Å²) in [4.78, 5) is 2.41. The van der Waals surface area contributed by atoms with Gasteiger partial charge in [-0.1, -0.05) is 17.3 Å². The number of benzene rings is 1. The van der Waals surface area contributed by atoms with Gasteiger partial charge < -0.3 is 9.47 Å². The largest absolute Gasteiger partial charge is 0.497 e. The number of likely N-dealkylation sites (tertiary alicyclic amines) is 1. The van der Waals surface area contributed by atoms with Gasteiger partial charge in [0.15, 0.2) is 0 Å². The molecule has 0 N–H and O–H groups in total. The van der Waals surface area contributed by atoms with Gasteiger partial charge in [0.05, 0.1) is 37.8 Å². The second kappa shape index (κ2) is 5.13. The molecule has 110 valence electrons. The van der Waals surface area contributed by atoms with Crippen molar-refractivity contribution in [1.29, 1.82) is 0 Å². The Labute approximate surface area is 123 Å². The molecule has 6 heteroatoms. The normalized spacial score (nSPS) is 24.6. The minimum Gasteiger partial charge on any atom is -0.497 e. The van der Waals surface area contributed by atoms with Gasteiger partial charge in [0.1, 0.15) is 5.75 Å². The summed E-state index contributed by atoms with van der Waals surface area (Å²) in [7, 11) is 1.69. The van der Waals surface area contributed by atoms with Gasteiger partial charge in [0.25, 0.3) is 0 Å². The van der Waals surface area contributed by atoms with E-state index in [4.69, 9.17) is 9.47 Å². The Bertz CT molecular complexity index is 625. The van der Waals surface area contributed by atoms with Crippen LogP contribution in [-0.2, 0) is 17.9 Å². The first-order valence-corrected chi connectivity index (χ1v) is 7.19. The van der Waals surface area contributed by atoms with Gasteiger partial charge in [-0.3, -0.25) is 4.90 Å². The average Bonchev–Trinajstić information content (AvgIpc) is 3.12. The van der Waals surface area contributed by atoms with Gasteiger partial charge in [0, 0.05) is 19.6 Å². The lowest BCUT2D eigenvalue weighted by Crippen LogP contribution is -2.32. The molecule has 3 heterocycles. The van der Waals surface area contributed by atoms with E-state index in [2.05, 4.69) is 27.3 Å². The van der Waals surface area contributed by atoms with Crippen LogP contribution in [0, 0.1) is 0 Å². The lowest BCUT2D eigenvalue weighted by molar-refractivity contribution is -0.00521. The molecule has 0 unspecified atom stereocenters. The molecule has 1 fully saturated rings. The number of aromatic nitrogens is 3. The molecule has 0 spiro atoms. The van der Waals surface area contributed by atoms with Crippen molar-refractivity contribution in [2.75, 3.05) is 20.2 Å². The number of nitrogens with zero attached hydrogens (tertiary/aromatic N) is 4. The lowest BCUT2D eigenvalue weighted by Gasteiger charge is -2.25. The Morgan fingerprint density at radius 2 is 2.14 bits per heavy atom. The number of hydrogen-bond acceptors (Lipinski definition) is 5. The summed E-state index contributed by atoms with van der Waals surface area (Å²) < 4.78 is 13.2. The average molecular weight is 286 g/mol. The van der Waals surface area contributed by atoms with Gasteiger partial charge in [0.2, 0.25) is 0 Å². The molecular formula is C15H18N4O2. The molecule has 0 amide bonds. The molecule has 2 atom stereocenters. The van der Waals surface area contributed by atoms with Crippen LogP contribution >= 0.6 is 0 Å². The van der Waals surface area contributed by atoms with Crippen molar-refractivity contribution in [1.82, 2.24) is 19.9 Å². The van der Waals surface area contributed by atoms with Crippen molar-refractivity contribution < 1.29 is 9.47 Å². The molecular weight excluding hydrogens is 268 g/mol. The van der Waals surface area contributed by atoms with E-state index in [1.165, 1.54) is 5.56 Å². The highest BCUT2D eigenvalue weighted by molar-refractivity contribution is 5.27. The predicted octanol–water partition coefficient (Wildman–Crippen LogP) is 1.24. The minimum atomic E-state index is 0.220. The molecule has 0 bridgehead atoms. The Balaban J connectivity index is 1.47. The Morgan fingerprint density at radius 3 is 2.95 bits per heavy atom. The first kappa shape index (κ1) is 12.8. The quantitative estimate of drug-likeness (QED) is 0.850. The fourth-order valence-corrected chi connectivity index (χ4v) is 3.19. The summed E-state index contributed by atoms with van der Waals surface area (Å²) in [6.07, 6.45) is 2.01. The summed E-state index contributed by atoms with van der Waals surface area (Å²) >= 11 is 0. The summed E-state index contributed by atoms with van der Waals surface area (Å²) in [6, 6.07) is 8.52. The van der Waals surface area contributed by atoms with Crippen LogP contribution in [0.25, 0.3) is 0 Å². The summed E-state index contributed by atoms with van der Waals surface area (Å²) in [5.74, 6) is 0.893. The van der Waals surface area contributed by atoms with Crippen molar-refractivity contribution in [3.05, 3.63) is 41.7 Å². The van der Waals surface area contributed by atoms with Crippen LogP contribution in [0.1, 0.15) is 17.3 Å². The molecule has 21 heavy (non-hydrogen) atoms. The highest BCUT2D eigenvalue weighted by Gasteiger charge is 2.39. The second-order valence-corrected chi connectivity index (χ2v) is 5.63. The van der Waals surface area contributed by atoms with Crippen molar-refractivity contribution in [3.63, 3.8) is 0 Å². The number of ether oxygens (including phenoxy) is 2. The van der Waals surface area contributed by atoms with E-state index in [-0.39, 0.29) is 12.1 Å². The van der Waals surface area contributed by atoms with Gasteiger partial charge >= 0.3 is 0 Å². The SMILES string of the molecule is COc1ccc(CN2C[C@@H]3OCc4cnnn4[C@H]3C2)cc1. The van der Waals surface area contributed by atoms with Crippen LogP contribution in [0.5, 0.6) is 5.75 Å². The minimum absolute atomic E-state index is 0.220. The lowest BCUT2D eigenvalue weighted by atomic mass is 10.2. The molecule has 1 saturated heterocycles. The van der Waals surface area contributed by atoms with E-state index in [0.29, 0.717) is 6.61 Å². The summed E-state index contributed by atoms with van der Waals surface area (Å²) in [6.45, 7) is 3.43. The molecule has 4 rings (SSSR count). The van der Waals surface area contributed by atoms with E-state index < -0.39 is 0 Å². The summed E-state index contributed by atoms with van der Waals surface area (Å²) in [5, 5.41) is 8.20. The zero-order valence-corrected chi connectivity index (χ0v) is 12.0. The Hall–Kier alpha value is -1.92. The molecule has 6 nitrogen and oxygen atoms in total. The zero-order valence-electron chi connectivity index (χ0n) is 12.0. The highest BCUT2D eigenvalue weighted by Crippen LogP contribution is 2.30. The second-order valence-electron chi connectivity index (χ2n) is 5.63. The molecule has 2 aromatic rings. The van der Waals surface area contributed by atoms with Crippen molar-refractivity contribution in [3.8, 4) is 5.75 Å². The first-order valence-electron chi connectivity index (χ1n) is 7.19. The van der Waals surface area contributed by atoms with Gasteiger partial charge in [-0.2, -0.15) is 0 Å². The van der Waals surface area contributed by atoms with E-state index in [9.17, 15) is 0 Å². The van der Waals surface area contributed by atoms with E-state index in [1.807, 2.05) is 16.8 Å². The fraction of sp³-hybridized carbons (Fsp3) is 0.467. The maximum absolute atomic E-state index is 5.93. The van der Waals surface area contributed by atoms with E-state index in [0.717, 1.165) is 31.1 Å². The molecule has 0 saturated carbocycles. The number of methoxy groups -OCH3 is 1. The van der Waals surface area contributed by atoms with Crippen molar-refractivity contribution in [2.45, 2.75) is 25.3 Å². The number of rotatable bonds is 3. The first-order chi connectivity index (χ1) is 10.3. The van der Waals surface area contributed by atoms with Gasteiger partial charge in [-0.25, -0.2) is 4.68 Å². The standard InChI is InChI=1S/C15H18N4O2/c1-20-13-4-2-11(3-5-13)7-18-8-14-15(9-18)21-10-12-6-16-17-19(12)14/h2-6,14-15H,7-10H2,1H3/t14-,15-/m0/s1. The summed E-state index contributed by atoms with van der Waals surface area (Å²) in [5.41, 5.74) is 2.36.